The molecule has 28 heavy (non-hydrogen) atoms. The fourth-order valence-corrected chi connectivity index (χ4v) is 3.40. The first-order valence-electron chi connectivity index (χ1n) is 9.88. The molecule has 1 aliphatic rings. The normalized spacial score (nSPS) is 15.0. The van der Waals surface area contributed by atoms with Crippen molar-refractivity contribution in [3.8, 4) is 11.3 Å². The summed E-state index contributed by atoms with van der Waals surface area (Å²) in [5.74, 6) is -0.178. The number of rotatable bonds is 7. The fourth-order valence-electron chi connectivity index (χ4n) is 3.40. The van der Waals surface area contributed by atoms with Gasteiger partial charge in [-0.2, -0.15) is 0 Å². The van der Waals surface area contributed by atoms with E-state index in [0.717, 1.165) is 25.7 Å². The molecule has 0 aliphatic heterocycles. The van der Waals surface area contributed by atoms with E-state index in [1.807, 2.05) is 0 Å². The van der Waals surface area contributed by atoms with Gasteiger partial charge in [-0.1, -0.05) is 43.0 Å². The first-order valence-corrected chi connectivity index (χ1v) is 9.88. The summed E-state index contributed by atoms with van der Waals surface area (Å²) in [6.45, 7) is 0.172. The third-order valence-corrected chi connectivity index (χ3v) is 4.94. The van der Waals surface area contributed by atoms with E-state index in [9.17, 15) is 14.0 Å². The molecule has 7 heteroatoms. The van der Waals surface area contributed by atoms with Crippen molar-refractivity contribution >= 4 is 11.8 Å². The number of benzene rings is 1. The van der Waals surface area contributed by atoms with E-state index in [1.165, 1.54) is 25.0 Å². The minimum Gasteiger partial charge on any atom is -0.359 e. The lowest BCUT2D eigenvalue weighted by Gasteiger charge is -2.16. The summed E-state index contributed by atoms with van der Waals surface area (Å²) in [7, 11) is 0. The summed E-state index contributed by atoms with van der Waals surface area (Å²) >= 11 is 0. The maximum Gasteiger partial charge on any atom is 0.220 e. The summed E-state index contributed by atoms with van der Waals surface area (Å²) in [5.41, 5.74) is 1.11. The Morgan fingerprint density at radius 3 is 2.57 bits per heavy atom. The number of carbonyl (C=O) groups is 2. The van der Waals surface area contributed by atoms with Crippen molar-refractivity contribution < 1.29 is 18.5 Å². The molecule has 0 unspecified atom stereocenters. The zero-order valence-electron chi connectivity index (χ0n) is 15.9. The molecule has 1 saturated carbocycles. The lowest BCUT2D eigenvalue weighted by Crippen LogP contribution is -2.35. The van der Waals surface area contributed by atoms with Crippen molar-refractivity contribution in [2.45, 2.75) is 64.0 Å². The van der Waals surface area contributed by atoms with Crippen molar-refractivity contribution in [3.63, 3.8) is 0 Å². The molecule has 2 aromatic rings. The second kappa shape index (κ2) is 10.0. The molecule has 0 atom stereocenters. The standard InChI is InChI=1S/C21H26FN3O3/c22-16-7-5-6-15(12-16)19-13-18(28-25-19)14-23-20(26)10-11-21(27)24-17-8-3-1-2-4-9-17/h5-7,12-13,17H,1-4,8-11,14H2,(H,23,26)(H,24,27). The molecule has 6 nitrogen and oxygen atoms in total. The topological polar surface area (TPSA) is 84.2 Å². The molecule has 2 N–H and O–H groups in total. The Balaban J connectivity index is 1.39. The SMILES string of the molecule is O=C(CCC(=O)NC1CCCCCC1)NCc1cc(-c2cccc(F)c2)no1. The Morgan fingerprint density at radius 1 is 1.07 bits per heavy atom. The molecule has 3 rings (SSSR count). The molecule has 1 fully saturated rings. The molecule has 1 heterocycles. The van der Waals surface area contributed by atoms with E-state index in [1.54, 1.807) is 18.2 Å². The van der Waals surface area contributed by atoms with Crippen molar-refractivity contribution in [2.75, 3.05) is 0 Å². The van der Waals surface area contributed by atoms with Gasteiger partial charge in [0.05, 0.1) is 6.54 Å². The predicted molar refractivity (Wildman–Crippen MR) is 103 cm³/mol. The van der Waals surface area contributed by atoms with E-state index < -0.39 is 0 Å². The number of carbonyl (C=O) groups excluding carboxylic acids is 2. The number of halogens is 1. The van der Waals surface area contributed by atoms with Crippen LogP contribution in [0.15, 0.2) is 34.9 Å². The van der Waals surface area contributed by atoms with Crippen molar-refractivity contribution in [1.29, 1.82) is 0 Å². The lowest BCUT2D eigenvalue weighted by molar-refractivity contribution is -0.127. The molecule has 0 saturated heterocycles. The number of nitrogens with zero attached hydrogens (tertiary/aromatic N) is 1. The Labute approximate surface area is 163 Å². The van der Waals surface area contributed by atoms with E-state index >= 15 is 0 Å². The average molecular weight is 387 g/mol. The van der Waals surface area contributed by atoms with Crippen LogP contribution in [0.3, 0.4) is 0 Å². The van der Waals surface area contributed by atoms with Crippen LogP contribution in [0, 0.1) is 5.82 Å². The van der Waals surface area contributed by atoms with Crippen LogP contribution in [0.5, 0.6) is 0 Å². The first-order chi connectivity index (χ1) is 13.6. The van der Waals surface area contributed by atoms with Crippen molar-refractivity contribution in [3.05, 3.63) is 41.9 Å². The van der Waals surface area contributed by atoms with E-state index in [0.29, 0.717) is 17.0 Å². The third kappa shape index (κ3) is 6.18. The van der Waals surface area contributed by atoms with Gasteiger partial charge in [0, 0.05) is 30.5 Å². The summed E-state index contributed by atoms with van der Waals surface area (Å²) in [4.78, 5) is 24.0. The number of aromatic nitrogens is 1. The van der Waals surface area contributed by atoms with Gasteiger partial charge in [-0.3, -0.25) is 9.59 Å². The summed E-state index contributed by atoms with van der Waals surface area (Å²) < 4.78 is 18.5. The molecule has 150 valence electrons. The molecular weight excluding hydrogens is 361 g/mol. The van der Waals surface area contributed by atoms with E-state index in [4.69, 9.17) is 4.52 Å². The number of amides is 2. The monoisotopic (exact) mass is 387 g/mol. The van der Waals surface area contributed by atoms with E-state index in [-0.39, 0.29) is 43.1 Å². The molecular formula is C21H26FN3O3. The summed E-state index contributed by atoms with van der Waals surface area (Å²) in [5, 5.41) is 9.65. The van der Waals surface area contributed by atoms with Crippen LogP contribution in [-0.4, -0.2) is 23.0 Å². The maximum atomic E-state index is 13.3. The average Bonchev–Trinajstić information content (AvgIpc) is 3.02. The number of nitrogens with one attached hydrogen (secondary N) is 2. The van der Waals surface area contributed by atoms with Crippen LogP contribution in [-0.2, 0) is 16.1 Å². The second-order valence-corrected chi connectivity index (χ2v) is 7.22. The Hall–Kier alpha value is -2.70. The fraction of sp³-hybridized carbons (Fsp3) is 0.476. The van der Waals surface area contributed by atoms with Crippen LogP contribution < -0.4 is 10.6 Å². The van der Waals surface area contributed by atoms with Crippen LogP contribution in [0.2, 0.25) is 0 Å². The van der Waals surface area contributed by atoms with Crippen LogP contribution in [0.1, 0.15) is 57.1 Å². The van der Waals surface area contributed by atoms with Gasteiger partial charge in [-0.05, 0) is 25.0 Å². The summed E-state index contributed by atoms with van der Waals surface area (Å²) in [6.07, 6.45) is 7.13. The van der Waals surface area contributed by atoms with Crippen LogP contribution in [0.4, 0.5) is 4.39 Å². The zero-order chi connectivity index (χ0) is 19.8. The molecule has 0 radical (unpaired) electrons. The number of hydrogen-bond donors (Lipinski definition) is 2. The highest BCUT2D eigenvalue weighted by atomic mass is 19.1. The zero-order valence-corrected chi connectivity index (χ0v) is 15.9. The minimum absolute atomic E-state index is 0.0740. The van der Waals surface area contributed by atoms with Crippen LogP contribution >= 0.6 is 0 Å². The van der Waals surface area contributed by atoms with Gasteiger partial charge < -0.3 is 15.2 Å². The maximum absolute atomic E-state index is 13.3. The van der Waals surface area contributed by atoms with Crippen molar-refractivity contribution in [1.82, 2.24) is 15.8 Å². The Bertz CT molecular complexity index is 798. The molecule has 0 bridgehead atoms. The minimum atomic E-state index is -0.350. The van der Waals surface area contributed by atoms with Gasteiger partial charge in [-0.25, -0.2) is 4.39 Å². The molecule has 2 amide bonds. The van der Waals surface area contributed by atoms with E-state index in [2.05, 4.69) is 15.8 Å². The first kappa shape index (κ1) is 20.0. The smallest absolute Gasteiger partial charge is 0.220 e. The van der Waals surface area contributed by atoms with Gasteiger partial charge in [0.15, 0.2) is 5.76 Å². The van der Waals surface area contributed by atoms with Gasteiger partial charge in [0.2, 0.25) is 11.8 Å². The highest BCUT2D eigenvalue weighted by Crippen LogP contribution is 2.20. The van der Waals surface area contributed by atoms with Gasteiger partial charge >= 0.3 is 0 Å². The summed E-state index contributed by atoms with van der Waals surface area (Å²) in [6, 6.07) is 7.96. The quantitative estimate of drug-likeness (QED) is 0.709. The predicted octanol–water partition coefficient (Wildman–Crippen LogP) is 3.72. The molecule has 1 aliphatic carbocycles. The molecule has 1 aromatic heterocycles. The second-order valence-electron chi connectivity index (χ2n) is 7.22. The largest absolute Gasteiger partial charge is 0.359 e. The van der Waals surface area contributed by atoms with Gasteiger partial charge in [-0.15, -0.1) is 0 Å². The third-order valence-electron chi connectivity index (χ3n) is 4.94. The lowest BCUT2D eigenvalue weighted by atomic mass is 10.1. The Morgan fingerprint density at radius 2 is 1.82 bits per heavy atom. The van der Waals surface area contributed by atoms with Crippen molar-refractivity contribution in [2.24, 2.45) is 0 Å². The van der Waals surface area contributed by atoms with Gasteiger partial charge in [0.1, 0.15) is 11.5 Å². The molecule has 0 spiro atoms. The molecule has 1 aromatic carbocycles. The van der Waals surface area contributed by atoms with Gasteiger partial charge in [0.25, 0.3) is 0 Å². The highest BCUT2D eigenvalue weighted by Gasteiger charge is 2.15. The number of hydrogen-bond acceptors (Lipinski definition) is 4. The highest BCUT2D eigenvalue weighted by molar-refractivity contribution is 5.83. The van der Waals surface area contributed by atoms with Crippen LogP contribution in [0.25, 0.3) is 11.3 Å². The Kier molecular flexibility index (Phi) is 7.17.